The molecule has 4 heterocycles. The normalized spacial score (nSPS) is 15.7. The molecule has 0 aliphatic heterocycles. The highest BCUT2D eigenvalue weighted by molar-refractivity contribution is 6.25. The van der Waals surface area contributed by atoms with Gasteiger partial charge in [-0.1, -0.05) is 152 Å². The molecule has 13 aromatic rings. The maximum Gasteiger partial charge on any atom is 0.166 e. The van der Waals surface area contributed by atoms with Crippen LogP contribution in [-0.4, -0.2) is 24.1 Å². The van der Waals surface area contributed by atoms with Crippen LogP contribution in [0.1, 0.15) is 5.82 Å². The van der Waals surface area contributed by atoms with Gasteiger partial charge in [0.1, 0.15) is 11.2 Å². The van der Waals surface area contributed by atoms with Crippen LogP contribution >= 0.6 is 0 Å². The highest BCUT2D eigenvalue weighted by atomic mass is 16.3. The van der Waals surface area contributed by atoms with Gasteiger partial charge in [-0.3, -0.25) is 0 Å². The summed E-state index contributed by atoms with van der Waals surface area (Å²) in [6.45, 7) is 0. The number of nitrogens with zero attached hydrogens (tertiary/aromatic N) is 5. The van der Waals surface area contributed by atoms with E-state index in [0.29, 0.717) is 17.5 Å². The quantitative estimate of drug-likeness (QED) is 0.173. The lowest BCUT2D eigenvalue weighted by Gasteiger charge is -2.23. The van der Waals surface area contributed by atoms with Crippen LogP contribution in [0.15, 0.2) is 229 Å². The number of benzene rings is 9. The minimum absolute atomic E-state index is 0.200. The van der Waals surface area contributed by atoms with Gasteiger partial charge in [-0.25, -0.2) is 15.0 Å². The zero-order valence-corrected chi connectivity index (χ0v) is 37.2. The Labute approximate surface area is 395 Å². The van der Waals surface area contributed by atoms with Crippen LogP contribution in [0, 0.1) is 11.8 Å². The fraction of sp³-hybridized carbons (Fsp3) is 0.0317. The molecule has 6 heteroatoms. The summed E-state index contributed by atoms with van der Waals surface area (Å²) in [7, 11) is 0. The SMILES string of the molecule is C1=CC2C=CC(c3nc(-c4ccc5c(c4)c4ccccc4n5-c4ccccc4)nc(-c4ccc5oc6ccccc6c5c4-n4c5cc6ccccc6cc5c5c6ccccc6ccc54)n3)=CC2C=C1. The fourth-order valence-corrected chi connectivity index (χ4v) is 11.3. The van der Waals surface area contributed by atoms with Crippen molar-refractivity contribution >= 4 is 92.7 Å². The second-order valence-corrected chi connectivity index (χ2v) is 18.3. The van der Waals surface area contributed by atoms with Gasteiger partial charge in [0.25, 0.3) is 0 Å². The zero-order valence-electron chi connectivity index (χ0n) is 37.2. The number of allylic oxidation sites excluding steroid dienone is 8. The van der Waals surface area contributed by atoms with E-state index in [0.717, 1.165) is 77.5 Å². The van der Waals surface area contributed by atoms with Crippen molar-refractivity contribution in [2.24, 2.45) is 11.8 Å². The number of furan rings is 1. The van der Waals surface area contributed by atoms with Gasteiger partial charge in [-0.15, -0.1) is 0 Å². The van der Waals surface area contributed by atoms with E-state index >= 15 is 0 Å². The average Bonchev–Trinajstić information content (AvgIpc) is 4.07. The molecule has 322 valence electrons. The minimum atomic E-state index is 0.200. The van der Waals surface area contributed by atoms with Crippen molar-refractivity contribution in [1.82, 2.24) is 24.1 Å². The standard InChI is InChI=1S/C63H39N5O/c1-2-19-45(20-3-1)67-52-24-12-10-22-47(52)50-36-44(29-31-53(50)67)62-64-61(43-27-26-38-14-4-5-16-40(38)34-43)65-63(66-62)49-30-33-57-59(48-23-11-13-25-56(48)69-57)60(49)68-54-32-28-39-15-8-9-21-46(39)58(54)51-35-41-17-6-7-18-42(41)37-55(51)68/h1-38,40H. The second kappa shape index (κ2) is 14.7. The van der Waals surface area contributed by atoms with Crippen molar-refractivity contribution in [3.63, 3.8) is 0 Å². The van der Waals surface area contributed by atoms with Gasteiger partial charge in [0.2, 0.25) is 0 Å². The number of rotatable bonds is 5. The predicted octanol–water partition coefficient (Wildman–Crippen LogP) is 15.9. The van der Waals surface area contributed by atoms with E-state index in [-0.39, 0.29) is 11.8 Å². The first-order valence-corrected chi connectivity index (χ1v) is 23.6. The largest absolute Gasteiger partial charge is 0.456 e. The molecule has 15 rings (SSSR count). The van der Waals surface area contributed by atoms with E-state index in [9.17, 15) is 0 Å². The second-order valence-electron chi connectivity index (χ2n) is 18.3. The Hall–Kier alpha value is -9.13. The molecule has 0 saturated carbocycles. The molecule has 0 spiro atoms. The lowest BCUT2D eigenvalue weighted by molar-refractivity contribution is 0.662. The highest BCUT2D eigenvalue weighted by Gasteiger charge is 2.27. The molecule has 0 bridgehead atoms. The number of para-hydroxylation sites is 3. The van der Waals surface area contributed by atoms with E-state index < -0.39 is 0 Å². The molecule has 2 aliphatic carbocycles. The zero-order chi connectivity index (χ0) is 45.2. The van der Waals surface area contributed by atoms with E-state index in [1.165, 1.54) is 37.7 Å². The van der Waals surface area contributed by atoms with Crippen LogP contribution in [0.2, 0.25) is 0 Å². The van der Waals surface area contributed by atoms with Gasteiger partial charge in [0.05, 0.1) is 33.1 Å². The van der Waals surface area contributed by atoms with Gasteiger partial charge in [-0.2, -0.15) is 0 Å². The maximum absolute atomic E-state index is 6.72. The van der Waals surface area contributed by atoms with E-state index in [1.54, 1.807) is 0 Å². The van der Waals surface area contributed by atoms with Gasteiger partial charge >= 0.3 is 0 Å². The molecule has 2 aliphatic rings. The molecule has 0 N–H and O–H groups in total. The molecule has 0 radical (unpaired) electrons. The molecule has 6 nitrogen and oxygen atoms in total. The van der Waals surface area contributed by atoms with Crippen molar-refractivity contribution in [2.75, 3.05) is 0 Å². The van der Waals surface area contributed by atoms with E-state index in [4.69, 9.17) is 19.4 Å². The Bertz CT molecular complexity index is 4450. The summed E-state index contributed by atoms with van der Waals surface area (Å²) in [6.07, 6.45) is 15.5. The van der Waals surface area contributed by atoms with Gasteiger partial charge in [0, 0.05) is 61.2 Å². The van der Waals surface area contributed by atoms with Gasteiger partial charge < -0.3 is 13.6 Å². The summed E-state index contributed by atoms with van der Waals surface area (Å²) in [5.41, 5.74) is 10.9. The van der Waals surface area contributed by atoms with Crippen molar-refractivity contribution in [3.8, 4) is 34.2 Å². The Kier molecular flexibility index (Phi) is 8.09. The molecule has 4 aromatic heterocycles. The van der Waals surface area contributed by atoms with Crippen LogP contribution in [0.3, 0.4) is 0 Å². The fourth-order valence-electron chi connectivity index (χ4n) is 11.3. The Morgan fingerprint density at radius 3 is 1.99 bits per heavy atom. The predicted molar refractivity (Wildman–Crippen MR) is 284 cm³/mol. The third kappa shape index (κ3) is 5.76. The van der Waals surface area contributed by atoms with Crippen molar-refractivity contribution in [2.45, 2.75) is 0 Å². The van der Waals surface area contributed by atoms with Gasteiger partial charge in [-0.05, 0) is 94.3 Å². The van der Waals surface area contributed by atoms with E-state index in [1.807, 2.05) is 6.07 Å². The van der Waals surface area contributed by atoms with Gasteiger partial charge in [0.15, 0.2) is 17.5 Å². The summed E-state index contributed by atoms with van der Waals surface area (Å²) < 4.78 is 11.5. The smallest absolute Gasteiger partial charge is 0.166 e. The first-order chi connectivity index (χ1) is 34.2. The molecule has 9 aromatic carbocycles. The number of hydrogen-bond donors (Lipinski definition) is 0. The molecule has 0 amide bonds. The molecular formula is C63H39N5O. The van der Waals surface area contributed by atoms with E-state index in [2.05, 4.69) is 228 Å². The van der Waals surface area contributed by atoms with Crippen molar-refractivity contribution < 1.29 is 4.42 Å². The summed E-state index contributed by atoms with van der Waals surface area (Å²) >= 11 is 0. The molecule has 69 heavy (non-hydrogen) atoms. The number of hydrogen-bond acceptors (Lipinski definition) is 4. The summed E-state index contributed by atoms with van der Waals surface area (Å²) in [4.78, 5) is 16.5. The van der Waals surface area contributed by atoms with Crippen molar-refractivity contribution in [3.05, 3.63) is 230 Å². The summed E-state index contributed by atoms with van der Waals surface area (Å²) in [5.74, 6) is 2.30. The number of fused-ring (bicyclic) bond motifs is 13. The van der Waals surface area contributed by atoms with Crippen LogP contribution in [0.5, 0.6) is 0 Å². The highest BCUT2D eigenvalue weighted by Crippen LogP contribution is 2.46. The molecule has 2 atom stereocenters. The molecule has 0 fully saturated rings. The number of aromatic nitrogens is 5. The van der Waals surface area contributed by atoms with Crippen LogP contribution in [-0.2, 0) is 0 Å². The molecule has 0 saturated heterocycles. The minimum Gasteiger partial charge on any atom is -0.456 e. The molecular weight excluding hydrogens is 843 g/mol. The third-order valence-electron chi connectivity index (χ3n) is 14.4. The maximum atomic E-state index is 6.72. The first kappa shape index (κ1) is 38.0. The lowest BCUT2D eigenvalue weighted by atomic mass is 9.83. The monoisotopic (exact) mass is 881 g/mol. The van der Waals surface area contributed by atoms with Crippen LogP contribution in [0.25, 0.3) is 127 Å². The van der Waals surface area contributed by atoms with Crippen LogP contribution in [0.4, 0.5) is 0 Å². The average molecular weight is 882 g/mol. The first-order valence-electron chi connectivity index (χ1n) is 23.6. The Morgan fingerprint density at radius 1 is 0.406 bits per heavy atom. The third-order valence-corrected chi connectivity index (χ3v) is 14.4. The lowest BCUT2D eigenvalue weighted by Crippen LogP contribution is -2.13. The van der Waals surface area contributed by atoms with Crippen LogP contribution < -0.4 is 0 Å². The molecule has 2 unspecified atom stereocenters. The van der Waals surface area contributed by atoms with Crippen molar-refractivity contribution in [1.29, 1.82) is 0 Å². The topological polar surface area (TPSA) is 61.7 Å². The summed E-state index contributed by atoms with van der Waals surface area (Å²) in [6, 6.07) is 65.0. The summed E-state index contributed by atoms with van der Waals surface area (Å²) in [5, 5.41) is 11.5. The Morgan fingerprint density at radius 2 is 1.10 bits per heavy atom. The Balaban J connectivity index is 1.05.